The zero-order valence-corrected chi connectivity index (χ0v) is 20.7. The van der Waals surface area contributed by atoms with Gasteiger partial charge in [-0.05, 0) is 43.5 Å². The Morgan fingerprint density at radius 1 is 1.12 bits per heavy atom. The fourth-order valence-electron chi connectivity index (χ4n) is 3.81. The van der Waals surface area contributed by atoms with E-state index in [1.165, 1.54) is 0 Å². The van der Waals surface area contributed by atoms with Gasteiger partial charge in [0.2, 0.25) is 5.91 Å². The lowest BCUT2D eigenvalue weighted by Crippen LogP contribution is -2.53. The van der Waals surface area contributed by atoms with Gasteiger partial charge in [0, 0.05) is 44.8 Å². The number of methoxy groups -OCH3 is 1. The van der Waals surface area contributed by atoms with E-state index in [-0.39, 0.29) is 18.5 Å². The van der Waals surface area contributed by atoms with E-state index >= 15 is 0 Å². The van der Waals surface area contributed by atoms with Crippen molar-refractivity contribution in [1.82, 2.24) is 25.3 Å². The molecule has 9 nitrogen and oxygen atoms in total. The molecule has 1 fully saturated rings. The predicted octanol–water partition coefficient (Wildman–Crippen LogP) is 2.88. The van der Waals surface area contributed by atoms with E-state index in [0.29, 0.717) is 45.2 Å². The van der Waals surface area contributed by atoms with Crippen LogP contribution in [0.15, 0.2) is 36.4 Å². The van der Waals surface area contributed by atoms with Crippen LogP contribution in [0.4, 0.5) is 10.6 Å². The molecule has 1 N–H and O–H groups in total. The van der Waals surface area contributed by atoms with Gasteiger partial charge in [0.25, 0.3) is 0 Å². The van der Waals surface area contributed by atoms with Crippen molar-refractivity contribution < 1.29 is 14.3 Å². The molecule has 2 aromatic rings. The number of carbonyl (C=O) groups excluding carboxylic acids is 2. The summed E-state index contributed by atoms with van der Waals surface area (Å²) in [6.07, 6.45) is 0.864. The molecule has 0 spiro atoms. The Bertz CT molecular complexity index is 942. The number of nitrogens with zero attached hydrogens (tertiary/aromatic N) is 5. The van der Waals surface area contributed by atoms with E-state index in [1.807, 2.05) is 48.2 Å². The van der Waals surface area contributed by atoms with E-state index in [9.17, 15) is 9.59 Å². The lowest BCUT2D eigenvalue weighted by molar-refractivity contribution is -0.132. The Kier molecular flexibility index (Phi) is 9.07. The first kappa shape index (κ1) is 25.3. The summed E-state index contributed by atoms with van der Waals surface area (Å²) in [6, 6.07) is 11.5. The number of anilines is 1. The SMILES string of the molecule is CCNC(=O)N(CCC(C)C)CC(=O)N1CCN(c2ccc(-c3cccc(OC)c3)nn2)CC1. The molecular formula is C25H36N6O3. The number of benzene rings is 1. The lowest BCUT2D eigenvalue weighted by Gasteiger charge is -2.36. The summed E-state index contributed by atoms with van der Waals surface area (Å²) in [5.41, 5.74) is 1.73. The number of hydrogen-bond donors (Lipinski definition) is 1. The molecule has 1 saturated heterocycles. The maximum Gasteiger partial charge on any atom is 0.317 e. The number of carbonyl (C=O) groups is 2. The van der Waals surface area contributed by atoms with Gasteiger partial charge in [-0.15, -0.1) is 10.2 Å². The summed E-state index contributed by atoms with van der Waals surface area (Å²) in [5.74, 6) is 2.01. The number of ether oxygens (including phenoxy) is 1. The molecule has 0 saturated carbocycles. The van der Waals surface area contributed by atoms with E-state index in [2.05, 4.69) is 34.3 Å². The number of amides is 3. The molecule has 9 heteroatoms. The third-order valence-corrected chi connectivity index (χ3v) is 5.89. The van der Waals surface area contributed by atoms with Gasteiger partial charge < -0.3 is 24.8 Å². The van der Waals surface area contributed by atoms with Gasteiger partial charge in [0.1, 0.15) is 12.3 Å². The van der Waals surface area contributed by atoms with Crippen LogP contribution in [0.5, 0.6) is 5.75 Å². The van der Waals surface area contributed by atoms with E-state index in [1.54, 1.807) is 12.0 Å². The van der Waals surface area contributed by atoms with Crippen molar-refractivity contribution >= 4 is 17.8 Å². The Labute approximate surface area is 202 Å². The maximum atomic E-state index is 12.9. The number of aromatic nitrogens is 2. The predicted molar refractivity (Wildman–Crippen MR) is 133 cm³/mol. The normalized spacial score (nSPS) is 13.7. The summed E-state index contributed by atoms with van der Waals surface area (Å²) in [7, 11) is 1.64. The minimum absolute atomic E-state index is 0.0193. The molecule has 1 aliphatic rings. The average molecular weight is 469 g/mol. The molecule has 34 heavy (non-hydrogen) atoms. The van der Waals surface area contributed by atoms with Crippen molar-refractivity contribution in [1.29, 1.82) is 0 Å². The average Bonchev–Trinajstić information content (AvgIpc) is 2.86. The second kappa shape index (κ2) is 12.2. The molecule has 3 amide bonds. The van der Waals surface area contributed by atoms with Crippen molar-refractivity contribution in [2.24, 2.45) is 5.92 Å². The highest BCUT2D eigenvalue weighted by Crippen LogP contribution is 2.23. The minimum Gasteiger partial charge on any atom is -0.497 e. The molecule has 0 unspecified atom stereocenters. The van der Waals surface area contributed by atoms with Gasteiger partial charge in [-0.25, -0.2) is 4.79 Å². The largest absolute Gasteiger partial charge is 0.497 e. The first-order valence-corrected chi connectivity index (χ1v) is 11.9. The molecule has 184 valence electrons. The summed E-state index contributed by atoms with van der Waals surface area (Å²) in [6.45, 7) is 9.85. The molecule has 1 aliphatic heterocycles. The Balaban J connectivity index is 1.55. The molecule has 0 radical (unpaired) electrons. The summed E-state index contributed by atoms with van der Waals surface area (Å²) in [4.78, 5) is 30.9. The molecule has 0 bridgehead atoms. The molecular weight excluding hydrogens is 432 g/mol. The highest BCUT2D eigenvalue weighted by atomic mass is 16.5. The highest BCUT2D eigenvalue weighted by Gasteiger charge is 2.25. The summed E-state index contributed by atoms with van der Waals surface area (Å²) >= 11 is 0. The van der Waals surface area contributed by atoms with Crippen LogP contribution >= 0.6 is 0 Å². The van der Waals surface area contributed by atoms with E-state index in [0.717, 1.165) is 29.2 Å². The molecule has 2 heterocycles. The zero-order chi connectivity index (χ0) is 24.5. The molecule has 1 aromatic carbocycles. The number of nitrogens with one attached hydrogen (secondary N) is 1. The van der Waals surface area contributed by atoms with Crippen molar-refractivity contribution in [3.05, 3.63) is 36.4 Å². The first-order valence-electron chi connectivity index (χ1n) is 11.9. The van der Waals surface area contributed by atoms with Crippen molar-refractivity contribution in [2.75, 3.05) is 57.8 Å². The second-order valence-electron chi connectivity index (χ2n) is 8.82. The fourth-order valence-corrected chi connectivity index (χ4v) is 3.81. The van der Waals surface area contributed by atoms with Crippen LogP contribution in [0.2, 0.25) is 0 Å². The number of rotatable bonds is 9. The van der Waals surface area contributed by atoms with Crippen LogP contribution in [0.1, 0.15) is 27.2 Å². The molecule has 0 aliphatic carbocycles. The fraction of sp³-hybridized carbons (Fsp3) is 0.520. The Hall–Kier alpha value is -3.36. The van der Waals surface area contributed by atoms with Crippen LogP contribution in [-0.4, -0.2) is 84.9 Å². The van der Waals surface area contributed by atoms with Gasteiger partial charge in [-0.2, -0.15) is 0 Å². The topological polar surface area (TPSA) is 90.9 Å². The number of hydrogen-bond acceptors (Lipinski definition) is 6. The van der Waals surface area contributed by atoms with Gasteiger partial charge in [0.15, 0.2) is 5.82 Å². The zero-order valence-electron chi connectivity index (χ0n) is 20.7. The highest BCUT2D eigenvalue weighted by molar-refractivity contribution is 5.84. The molecule has 3 rings (SSSR count). The minimum atomic E-state index is -0.179. The van der Waals surface area contributed by atoms with Crippen LogP contribution in [0.25, 0.3) is 11.3 Å². The Morgan fingerprint density at radius 3 is 2.50 bits per heavy atom. The van der Waals surface area contributed by atoms with E-state index < -0.39 is 0 Å². The lowest BCUT2D eigenvalue weighted by atomic mass is 10.1. The van der Waals surface area contributed by atoms with Gasteiger partial charge in [-0.1, -0.05) is 26.0 Å². The van der Waals surface area contributed by atoms with Crippen molar-refractivity contribution in [3.63, 3.8) is 0 Å². The van der Waals surface area contributed by atoms with Gasteiger partial charge >= 0.3 is 6.03 Å². The van der Waals surface area contributed by atoms with E-state index in [4.69, 9.17) is 4.74 Å². The third kappa shape index (κ3) is 6.82. The van der Waals surface area contributed by atoms with Gasteiger partial charge in [0.05, 0.1) is 12.8 Å². The molecule has 1 aromatic heterocycles. The number of piperazine rings is 1. The maximum absolute atomic E-state index is 12.9. The van der Waals surface area contributed by atoms with Crippen LogP contribution in [0.3, 0.4) is 0 Å². The summed E-state index contributed by atoms with van der Waals surface area (Å²) < 4.78 is 5.28. The monoisotopic (exact) mass is 468 g/mol. The molecule has 0 atom stereocenters. The standard InChI is InChI=1S/C25H36N6O3/c1-5-26-25(33)31(12-11-19(2)3)18-24(32)30-15-13-29(14-16-30)23-10-9-22(27-28-23)20-7-6-8-21(17-20)34-4/h6-10,17,19H,5,11-16,18H2,1-4H3,(H,26,33). The van der Waals surface area contributed by atoms with Crippen molar-refractivity contribution in [3.8, 4) is 17.0 Å². The first-order chi connectivity index (χ1) is 16.4. The van der Waals surface area contributed by atoms with Gasteiger partial charge in [-0.3, -0.25) is 4.79 Å². The van der Waals surface area contributed by atoms with Crippen molar-refractivity contribution in [2.45, 2.75) is 27.2 Å². The quantitative estimate of drug-likeness (QED) is 0.609. The van der Waals surface area contributed by atoms with Crippen LogP contribution in [0, 0.1) is 5.92 Å². The summed E-state index contributed by atoms with van der Waals surface area (Å²) in [5, 5.41) is 11.6. The Morgan fingerprint density at radius 2 is 1.88 bits per heavy atom. The smallest absolute Gasteiger partial charge is 0.317 e. The third-order valence-electron chi connectivity index (χ3n) is 5.89. The van der Waals surface area contributed by atoms with Crippen LogP contribution < -0.4 is 15.0 Å². The number of urea groups is 1. The second-order valence-corrected chi connectivity index (χ2v) is 8.82. The van der Waals surface area contributed by atoms with Crippen LogP contribution in [-0.2, 0) is 4.79 Å².